The van der Waals surface area contributed by atoms with E-state index in [2.05, 4.69) is 20.9 Å². The number of carbonyl (C=O) groups is 1. The number of nitrogens with one attached hydrogen (secondary N) is 1. The zero-order valence-electron chi connectivity index (χ0n) is 16.3. The third-order valence-corrected chi connectivity index (χ3v) is 6.18. The number of rotatable bonds is 6. The smallest absolute Gasteiger partial charge is 0.261 e. The van der Waals surface area contributed by atoms with E-state index in [0.717, 1.165) is 45.9 Å². The Kier molecular flexibility index (Phi) is 5.11. The van der Waals surface area contributed by atoms with Crippen LogP contribution in [0.3, 0.4) is 0 Å². The van der Waals surface area contributed by atoms with E-state index in [0.29, 0.717) is 24.6 Å². The van der Waals surface area contributed by atoms with E-state index in [4.69, 9.17) is 9.47 Å². The second-order valence-corrected chi connectivity index (χ2v) is 8.14. The van der Waals surface area contributed by atoms with Gasteiger partial charge in [-0.25, -0.2) is 4.98 Å². The van der Waals surface area contributed by atoms with Crippen LogP contribution >= 0.6 is 11.3 Å². The molecular formula is C23H21N3O3S. The molecule has 7 heteroatoms. The van der Waals surface area contributed by atoms with Crippen molar-refractivity contribution in [3.63, 3.8) is 0 Å². The van der Waals surface area contributed by atoms with E-state index in [1.54, 1.807) is 0 Å². The molecule has 4 aromatic rings. The van der Waals surface area contributed by atoms with Crippen LogP contribution in [0.2, 0.25) is 0 Å². The Balaban J connectivity index is 1.18. The van der Waals surface area contributed by atoms with Crippen LogP contribution in [0.25, 0.3) is 21.5 Å². The molecule has 30 heavy (non-hydrogen) atoms. The second kappa shape index (κ2) is 8.20. The van der Waals surface area contributed by atoms with Crippen molar-refractivity contribution < 1.29 is 14.3 Å². The molecule has 1 amide bonds. The van der Waals surface area contributed by atoms with Gasteiger partial charge in [0, 0.05) is 18.0 Å². The van der Waals surface area contributed by atoms with Gasteiger partial charge >= 0.3 is 0 Å². The lowest BCUT2D eigenvalue weighted by Crippen LogP contribution is -2.24. The summed E-state index contributed by atoms with van der Waals surface area (Å²) < 4.78 is 13.3. The van der Waals surface area contributed by atoms with Gasteiger partial charge in [-0.05, 0) is 54.4 Å². The number of imidazole rings is 1. The largest absolute Gasteiger partial charge is 0.486 e. The summed E-state index contributed by atoms with van der Waals surface area (Å²) in [5, 5.41) is 3.02. The summed E-state index contributed by atoms with van der Waals surface area (Å²) in [6.07, 6.45) is 2.69. The van der Waals surface area contributed by atoms with E-state index >= 15 is 0 Å². The van der Waals surface area contributed by atoms with Crippen molar-refractivity contribution in [1.82, 2.24) is 14.9 Å². The number of benzene rings is 2. The van der Waals surface area contributed by atoms with E-state index in [-0.39, 0.29) is 5.91 Å². The van der Waals surface area contributed by atoms with Gasteiger partial charge in [-0.3, -0.25) is 4.79 Å². The van der Waals surface area contributed by atoms with Gasteiger partial charge in [-0.15, -0.1) is 11.3 Å². The van der Waals surface area contributed by atoms with E-state index < -0.39 is 0 Å². The Bertz CT molecular complexity index is 1200. The highest BCUT2D eigenvalue weighted by molar-refractivity contribution is 7.17. The fraction of sp³-hybridized carbons (Fsp3) is 0.217. The molecule has 0 unspecified atom stereocenters. The fourth-order valence-electron chi connectivity index (χ4n) is 3.54. The van der Waals surface area contributed by atoms with Crippen molar-refractivity contribution >= 4 is 28.3 Å². The molecule has 0 spiro atoms. The number of amides is 1. The first-order chi connectivity index (χ1) is 14.8. The maximum atomic E-state index is 12.5. The van der Waals surface area contributed by atoms with Crippen LogP contribution in [0.4, 0.5) is 0 Å². The normalized spacial score (nSPS) is 12.8. The zero-order chi connectivity index (χ0) is 20.3. The van der Waals surface area contributed by atoms with E-state index in [1.807, 2.05) is 54.9 Å². The van der Waals surface area contributed by atoms with Crippen LogP contribution < -0.4 is 14.8 Å². The predicted octanol–water partition coefficient (Wildman–Crippen LogP) is 4.36. The molecule has 0 saturated carbocycles. The number of ether oxygens (including phenoxy) is 2. The van der Waals surface area contributed by atoms with Crippen molar-refractivity contribution in [3.05, 3.63) is 65.8 Å². The number of hydrogen-bond donors (Lipinski definition) is 1. The molecule has 0 radical (unpaired) electrons. The Hall–Kier alpha value is -3.32. The highest BCUT2D eigenvalue weighted by Gasteiger charge is 2.15. The molecule has 1 N–H and O–H groups in total. The molecule has 152 valence electrons. The van der Waals surface area contributed by atoms with Crippen LogP contribution in [0.1, 0.15) is 16.1 Å². The predicted molar refractivity (Wildman–Crippen MR) is 117 cm³/mol. The standard InChI is InChI=1S/C23H21N3O3S/c27-23(24-10-3-11-26-15-25-17-4-1-2-5-18(17)26)22-9-8-21(30-22)16-6-7-19-20(14-16)29-13-12-28-19/h1-2,4-9,14-15H,3,10-13H2,(H,24,27). The molecule has 1 aliphatic rings. The highest BCUT2D eigenvalue weighted by Crippen LogP contribution is 2.36. The van der Waals surface area contributed by atoms with Gasteiger partial charge < -0.3 is 19.4 Å². The van der Waals surface area contributed by atoms with Crippen molar-refractivity contribution in [2.75, 3.05) is 19.8 Å². The number of nitrogens with zero attached hydrogens (tertiary/aromatic N) is 2. The Labute approximate surface area is 178 Å². The van der Waals surface area contributed by atoms with Crippen molar-refractivity contribution in [3.8, 4) is 21.9 Å². The quantitative estimate of drug-likeness (QED) is 0.472. The first-order valence-electron chi connectivity index (χ1n) is 9.96. The van der Waals surface area contributed by atoms with Gasteiger partial charge in [-0.2, -0.15) is 0 Å². The van der Waals surface area contributed by atoms with Crippen LogP contribution in [0, 0.1) is 0 Å². The maximum absolute atomic E-state index is 12.5. The van der Waals surface area contributed by atoms with Crippen LogP contribution in [-0.4, -0.2) is 35.2 Å². The molecule has 0 aliphatic carbocycles. The SMILES string of the molecule is O=C(NCCCn1cnc2ccccc21)c1ccc(-c2ccc3c(c2)OCCO3)s1. The third kappa shape index (κ3) is 3.76. The number of hydrogen-bond acceptors (Lipinski definition) is 5. The molecular weight excluding hydrogens is 398 g/mol. The molecule has 5 rings (SSSR count). The average molecular weight is 420 g/mol. The molecule has 1 aliphatic heterocycles. The average Bonchev–Trinajstić information content (AvgIpc) is 3.44. The van der Waals surface area contributed by atoms with Gasteiger partial charge in [0.15, 0.2) is 11.5 Å². The molecule has 3 heterocycles. The molecule has 0 atom stereocenters. The minimum Gasteiger partial charge on any atom is -0.486 e. The number of para-hydroxylation sites is 2. The van der Waals surface area contributed by atoms with E-state index in [9.17, 15) is 4.79 Å². The summed E-state index contributed by atoms with van der Waals surface area (Å²) >= 11 is 1.48. The lowest BCUT2D eigenvalue weighted by molar-refractivity contribution is 0.0957. The van der Waals surface area contributed by atoms with Gasteiger partial charge in [0.2, 0.25) is 0 Å². The molecule has 0 saturated heterocycles. The molecule has 0 fully saturated rings. The number of thiophene rings is 1. The summed E-state index contributed by atoms with van der Waals surface area (Å²) in [6.45, 7) is 2.56. The minimum atomic E-state index is -0.0423. The minimum absolute atomic E-state index is 0.0423. The monoisotopic (exact) mass is 419 g/mol. The Morgan fingerprint density at radius 2 is 1.93 bits per heavy atom. The van der Waals surface area contributed by atoms with Crippen molar-refractivity contribution in [2.45, 2.75) is 13.0 Å². The first-order valence-corrected chi connectivity index (χ1v) is 10.8. The lowest BCUT2D eigenvalue weighted by atomic mass is 10.1. The van der Waals surface area contributed by atoms with Crippen LogP contribution in [-0.2, 0) is 6.54 Å². The second-order valence-electron chi connectivity index (χ2n) is 7.06. The third-order valence-electron chi connectivity index (χ3n) is 5.05. The first kappa shape index (κ1) is 18.7. The van der Waals surface area contributed by atoms with Gasteiger partial charge in [-0.1, -0.05) is 12.1 Å². The zero-order valence-corrected chi connectivity index (χ0v) is 17.2. The number of carbonyl (C=O) groups excluding carboxylic acids is 1. The summed E-state index contributed by atoms with van der Waals surface area (Å²) in [5.74, 6) is 1.48. The molecule has 0 bridgehead atoms. The van der Waals surface area contributed by atoms with Crippen LogP contribution in [0.15, 0.2) is 60.9 Å². The number of aryl methyl sites for hydroxylation is 1. The summed E-state index contributed by atoms with van der Waals surface area (Å²) in [4.78, 5) is 18.7. The number of aromatic nitrogens is 2. The van der Waals surface area contributed by atoms with Crippen molar-refractivity contribution in [2.24, 2.45) is 0 Å². The maximum Gasteiger partial charge on any atom is 0.261 e. The number of fused-ring (bicyclic) bond motifs is 2. The fourth-order valence-corrected chi connectivity index (χ4v) is 4.46. The summed E-state index contributed by atoms with van der Waals surface area (Å²) in [6, 6.07) is 17.8. The molecule has 2 aromatic heterocycles. The van der Waals surface area contributed by atoms with E-state index in [1.165, 1.54) is 11.3 Å². The van der Waals surface area contributed by atoms with Gasteiger partial charge in [0.05, 0.1) is 22.2 Å². The Morgan fingerprint density at radius 3 is 2.87 bits per heavy atom. The summed E-state index contributed by atoms with van der Waals surface area (Å²) in [5.41, 5.74) is 3.13. The van der Waals surface area contributed by atoms with Gasteiger partial charge in [0.25, 0.3) is 5.91 Å². The topological polar surface area (TPSA) is 65.4 Å². The highest BCUT2D eigenvalue weighted by atomic mass is 32.1. The van der Waals surface area contributed by atoms with Gasteiger partial charge in [0.1, 0.15) is 13.2 Å². The lowest BCUT2D eigenvalue weighted by Gasteiger charge is -2.18. The Morgan fingerprint density at radius 1 is 1.07 bits per heavy atom. The molecule has 6 nitrogen and oxygen atoms in total. The van der Waals surface area contributed by atoms with Crippen molar-refractivity contribution in [1.29, 1.82) is 0 Å². The van der Waals surface area contributed by atoms with Crippen LogP contribution in [0.5, 0.6) is 11.5 Å². The molecule has 2 aromatic carbocycles. The summed E-state index contributed by atoms with van der Waals surface area (Å²) in [7, 11) is 0.